The van der Waals surface area contributed by atoms with Crippen LogP contribution in [0.2, 0.25) is 0 Å². The molecule has 2 heteroatoms. The van der Waals surface area contributed by atoms with E-state index in [0.717, 1.165) is 21.2 Å². The summed E-state index contributed by atoms with van der Waals surface area (Å²) in [5, 5.41) is 15.5. The Balaban J connectivity index is 1.83. The average molecular weight is 290 g/mol. The molecule has 1 unspecified atom stereocenters. The van der Waals surface area contributed by atoms with Gasteiger partial charge < -0.3 is 5.11 Å². The molecule has 3 aromatic carbocycles. The fraction of sp³-hybridized carbons (Fsp3) is 0.0526. The highest BCUT2D eigenvalue weighted by Crippen LogP contribution is 2.24. The van der Waals surface area contributed by atoms with Crippen molar-refractivity contribution in [3.63, 3.8) is 0 Å². The number of fused-ring (bicyclic) bond motifs is 1. The Hall–Kier alpha value is -2.21. The Morgan fingerprint density at radius 3 is 2.38 bits per heavy atom. The van der Waals surface area contributed by atoms with E-state index in [-0.39, 0.29) is 0 Å². The van der Waals surface area contributed by atoms with E-state index >= 15 is 0 Å². The Labute approximate surface area is 128 Å². The molecule has 0 aliphatic heterocycles. The van der Waals surface area contributed by atoms with Crippen molar-refractivity contribution in [2.24, 2.45) is 0 Å². The molecule has 1 atom stereocenters. The van der Waals surface area contributed by atoms with Gasteiger partial charge in [-0.1, -0.05) is 66.6 Å². The fourth-order valence-electron chi connectivity index (χ4n) is 2.20. The first-order valence-corrected chi connectivity index (χ1v) is 7.54. The Bertz CT molecular complexity index is 794. The fourth-order valence-corrected chi connectivity index (χ4v) is 2.78. The molecule has 1 nitrogen and oxygen atoms in total. The SMILES string of the molecule is OC(C#CSc1ccccc1)c1cccc2ccccc12. The highest BCUT2D eigenvalue weighted by atomic mass is 32.2. The molecule has 0 aromatic heterocycles. The van der Waals surface area contributed by atoms with Gasteiger partial charge in [-0.15, -0.1) is 0 Å². The lowest BCUT2D eigenvalue weighted by molar-refractivity contribution is 0.240. The summed E-state index contributed by atoms with van der Waals surface area (Å²) in [5.74, 6) is 2.91. The van der Waals surface area contributed by atoms with Crippen molar-refractivity contribution in [2.45, 2.75) is 11.0 Å². The van der Waals surface area contributed by atoms with Gasteiger partial charge in [0.2, 0.25) is 0 Å². The van der Waals surface area contributed by atoms with Gasteiger partial charge in [-0.05, 0) is 39.9 Å². The normalized spacial score (nSPS) is 11.7. The molecule has 0 bridgehead atoms. The third-order valence-corrected chi connectivity index (χ3v) is 3.95. The Morgan fingerprint density at radius 2 is 1.52 bits per heavy atom. The summed E-state index contributed by atoms with van der Waals surface area (Å²) < 4.78 is 0. The monoisotopic (exact) mass is 290 g/mol. The van der Waals surface area contributed by atoms with E-state index in [1.165, 1.54) is 11.8 Å². The quantitative estimate of drug-likeness (QED) is 0.548. The topological polar surface area (TPSA) is 20.2 Å². The van der Waals surface area contributed by atoms with E-state index in [1.807, 2.05) is 72.8 Å². The molecule has 0 aliphatic rings. The Kier molecular flexibility index (Phi) is 4.25. The van der Waals surface area contributed by atoms with Gasteiger partial charge in [0.25, 0.3) is 0 Å². The summed E-state index contributed by atoms with van der Waals surface area (Å²) in [5.41, 5.74) is 0.856. The minimum absolute atomic E-state index is 0.771. The van der Waals surface area contributed by atoms with E-state index in [0.29, 0.717) is 0 Å². The summed E-state index contributed by atoms with van der Waals surface area (Å²) in [4.78, 5) is 1.08. The molecule has 0 aliphatic carbocycles. The minimum Gasteiger partial charge on any atom is -0.376 e. The zero-order valence-electron chi connectivity index (χ0n) is 11.4. The largest absolute Gasteiger partial charge is 0.376 e. The molecule has 0 fully saturated rings. The second-order valence-corrected chi connectivity index (χ2v) is 5.51. The maximum Gasteiger partial charge on any atom is 0.141 e. The van der Waals surface area contributed by atoms with Crippen LogP contribution in [0.5, 0.6) is 0 Å². The molecule has 0 radical (unpaired) electrons. The summed E-state index contributed by atoms with van der Waals surface area (Å²) in [6.45, 7) is 0. The van der Waals surface area contributed by atoms with Gasteiger partial charge in [0.15, 0.2) is 0 Å². The summed E-state index contributed by atoms with van der Waals surface area (Å²) >= 11 is 1.43. The second-order valence-electron chi connectivity index (χ2n) is 4.63. The van der Waals surface area contributed by atoms with Crippen LogP contribution in [-0.4, -0.2) is 5.11 Å². The Morgan fingerprint density at radius 1 is 0.810 bits per heavy atom. The summed E-state index contributed by atoms with van der Waals surface area (Å²) in [6, 6.07) is 23.9. The first-order valence-electron chi connectivity index (χ1n) is 6.73. The minimum atomic E-state index is -0.771. The molecular weight excluding hydrogens is 276 g/mol. The van der Waals surface area contributed by atoms with Gasteiger partial charge in [-0.3, -0.25) is 0 Å². The van der Waals surface area contributed by atoms with E-state index in [9.17, 15) is 5.11 Å². The molecule has 102 valence electrons. The molecule has 1 N–H and O–H groups in total. The molecule has 0 heterocycles. The highest BCUT2D eigenvalue weighted by Gasteiger charge is 2.07. The maximum absolute atomic E-state index is 10.3. The third kappa shape index (κ3) is 3.28. The first kappa shape index (κ1) is 13.8. The number of aliphatic hydroxyl groups excluding tert-OH is 1. The molecular formula is C19H14OS. The smallest absolute Gasteiger partial charge is 0.141 e. The van der Waals surface area contributed by atoms with Gasteiger partial charge in [0.05, 0.1) is 0 Å². The van der Waals surface area contributed by atoms with Crippen LogP contribution in [0.4, 0.5) is 0 Å². The maximum atomic E-state index is 10.3. The van der Waals surface area contributed by atoms with Gasteiger partial charge >= 0.3 is 0 Å². The van der Waals surface area contributed by atoms with Gasteiger partial charge in [-0.2, -0.15) is 0 Å². The van der Waals surface area contributed by atoms with Crippen molar-refractivity contribution >= 4 is 22.5 Å². The van der Waals surface area contributed by atoms with Gasteiger partial charge in [0, 0.05) is 10.5 Å². The van der Waals surface area contributed by atoms with Crippen LogP contribution in [0.25, 0.3) is 10.8 Å². The number of thioether (sulfide) groups is 1. The zero-order valence-corrected chi connectivity index (χ0v) is 12.2. The number of hydrogen-bond donors (Lipinski definition) is 1. The standard InChI is InChI=1S/C19H14OS/c20-19(13-14-21-16-9-2-1-3-10-16)18-12-6-8-15-7-4-5-11-17(15)18/h1-12,19-20H. The molecule has 21 heavy (non-hydrogen) atoms. The lowest BCUT2D eigenvalue weighted by atomic mass is 10.0. The molecule has 3 rings (SSSR count). The van der Waals surface area contributed by atoms with Crippen molar-refractivity contribution in [3.05, 3.63) is 78.4 Å². The van der Waals surface area contributed by atoms with Crippen LogP contribution in [-0.2, 0) is 0 Å². The van der Waals surface area contributed by atoms with E-state index in [4.69, 9.17) is 0 Å². The van der Waals surface area contributed by atoms with E-state index in [2.05, 4.69) is 11.2 Å². The zero-order chi connectivity index (χ0) is 14.5. The summed E-state index contributed by atoms with van der Waals surface area (Å²) in [6.07, 6.45) is -0.771. The first-order chi connectivity index (χ1) is 10.3. The summed E-state index contributed by atoms with van der Waals surface area (Å²) in [7, 11) is 0. The van der Waals surface area contributed by atoms with Crippen molar-refractivity contribution in [3.8, 4) is 11.2 Å². The molecule has 0 spiro atoms. The van der Waals surface area contributed by atoms with Crippen LogP contribution in [0.3, 0.4) is 0 Å². The number of benzene rings is 3. The van der Waals surface area contributed by atoms with Crippen LogP contribution < -0.4 is 0 Å². The van der Waals surface area contributed by atoms with Crippen LogP contribution >= 0.6 is 11.8 Å². The van der Waals surface area contributed by atoms with Crippen molar-refractivity contribution in [2.75, 3.05) is 0 Å². The van der Waals surface area contributed by atoms with Gasteiger partial charge in [-0.25, -0.2) is 0 Å². The lowest BCUT2D eigenvalue weighted by Crippen LogP contribution is -1.94. The third-order valence-electron chi connectivity index (χ3n) is 3.23. The van der Waals surface area contributed by atoms with Crippen LogP contribution in [0.15, 0.2) is 77.7 Å². The van der Waals surface area contributed by atoms with Crippen LogP contribution in [0, 0.1) is 11.2 Å². The number of rotatable bonds is 2. The van der Waals surface area contributed by atoms with Crippen molar-refractivity contribution in [1.82, 2.24) is 0 Å². The lowest BCUT2D eigenvalue weighted by Gasteiger charge is -2.08. The molecule has 3 aromatic rings. The average Bonchev–Trinajstić information content (AvgIpc) is 2.55. The van der Waals surface area contributed by atoms with Crippen LogP contribution in [0.1, 0.15) is 11.7 Å². The number of hydrogen-bond acceptors (Lipinski definition) is 2. The molecule has 0 saturated carbocycles. The predicted molar refractivity (Wildman–Crippen MR) is 89.0 cm³/mol. The molecule has 0 saturated heterocycles. The molecule has 0 amide bonds. The van der Waals surface area contributed by atoms with Crippen molar-refractivity contribution in [1.29, 1.82) is 0 Å². The second kappa shape index (κ2) is 6.49. The van der Waals surface area contributed by atoms with Crippen molar-refractivity contribution < 1.29 is 5.11 Å². The van der Waals surface area contributed by atoms with E-state index < -0.39 is 6.10 Å². The van der Waals surface area contributed by atoms with Gasteiger partial charge in [0.1, 0.15) is 6.10 Å². The predicted octanol–water partition coefficient (Wildman–Crippen LogP) is 4.63. The highest BCUT2D eigenvalue weighted by molar-refractivity contribution is 8.03. The number of aliphatic hydroxyl groups is 1. The van der Waals surface area contributed by atoms with E-state index in [1.54, 1.807) is 0 Å².